The van der Waals surface area contributed by atoms with Gasteiger partial charge in [0.25, 0.3) is 0 Å². The Morgan fingerprint density at radius 2 is 1.03 bits per heavy atom. The van der Waals surface area contributed by atoms with Crippen molar-refractivity contribution in [2.24, 2.45) is 35.5 Å². The van der Waals surface area contributed by atoms with Crippen LogP contribution in [0.4, 0.5) is 0 Å². The molecule has 0 aliphatic carbocycles. The predicted octanol–water partition coefficient (Wildman–Crippen LogP) is 16.9. The molecule has 1 N–H and O–H groups in total. The molecule has 0 amide bonds. The van der Waals surface area contributed by atoms with Crippen LogP contribution < -0.4 is 0 Å². The van der Waals surface area contributed by atoms with E-state index < -0.39 is 45.3 Å². The van der Waals surface area contributed by atoms with Gasteiger partial charge in [-0.3, -0.25) is 0 Å². The second-order valence-corrected chi connectivity index (χ2v) is 44.4. The van der Waals surface area contributed by atoms with Crippen LogP contribution in [-0.4, -0.2) is 82.0 Å². The summed E-state index contributed by atoms with van der Waals surface area (Å²) in [5.74, 6) is 0.894. The van der Waals surface area contributed by atoms with E-state index in [9.17, 15) is 9.90 Å². The van der Waals surface area contributed by atoms with E-state index in [2.05, 4.69) is 195 Å². The Morgan fingerprint density at radius 3 is 1.49 bits per heavy atom. The van der Waals surface area contributed by atoms with Crippen LogP contribution in [0.3, 0.4) is 0 Å². The number of methoxy groups -OCH3 is 1. The van der Waals surface area contributed by atoms with Gasteiger partial charge < -0.3 is 27.5 Å². The number of ether oxygens (including phenoxy) is 1. The lowest BCUT2D eigenvalue weighted by Gasteiger charge is -2.45. The lowest BCUT2D eigenvalue weighted by Crippen LogP contribution is -2.51. The van der Waals surface area contributed by atoms with E-state index in [1.54, 1.807) is 6.08 Å². The number of esters is 1. The van der Waals surface area contributed by atoms with E-state index in [-0.39, 0.29) is 69.1 Å². The van der Waals surface area contributed by atoms with Gasteiger partial charge in [-0.05, 0) is 121 Å². The van der Waals surface area contributed by atoms with Crippen molar-refractivity contribution in [2.45, 2.75) is 253 Å². The van der Waals surface area contributed by atoms with Crippen molar-refractivity contribution >= 4 is 39.2 Å². The molecule has 398 valence electrons. The zero-order chi connectivity index (χ0) is 53.3. The Balaban J connectivity index is 6.88. The number of hydrogen-bond donors (Lipinski definition) is 1. The lowest BCUT2D eigenvalue weighted by molar-refractivity contribution is -0.134. The minimum atomic E-state index is -2.17. The summed E-state index contributed by atoms with van der Waals surface area (Å²) in [6.07, 6.45) is 20.3. The first-order valence-corrected chi connectivity index (χ1v) is 38.0. The van der Waals surface area contributed by atoms with Gasteiger partial charge in [0.05, 0.1) is 37.6 Å². The Kier molecular flexibility index (Phi) is 28.4. The Labute approximate surface area is 426 Å². The third kappa shape index (κ3) is 21.9. The maximum absolute atomic E-state index is 11.7. The van der Waals surface area contributed by atoms with Crippen molar-refractivity contribution in [2.75, 3.05) is 7.11 Å². The number of carbonyl (C=O) groups is 1. The van der Waals surface area contributed by atoms with Crippen molar-refractivity contribution in [3.05, 3.63) is 61.3 Å². The van der Waals surface area contributed by atoms with Gasteiger partial charge in [-0.2, -0.15) is 0 Å². The van der Waals surface area contributed by atoms with Crippen LogP contribution >= 0.6 is 0 Å². The van der Waals surface area contributed by atoms with Crippen LogP contribution in [0.2, 0.25) is 72.5 Å². The fraction of sp³-hybridized carbons (Fsp3) is 0.807. The largest absolute Gasteiger partial charge is 0.466 e. The molecular formula is C57H112O7Si4. The number of hydrogen-bond acceptors (Lipinski definition) is 7. The first kappa shape index (κ1) is 66.8. The van der Waals surface area contributed by atoms with Gasteiger partial charge in [-0.15, -0.1) is 0 Å². The molecule has 0 unspecified atom stereocenters. The average molecular weight is 1020 g/mol. The molecule has 7 nitrogen and oxygen atoms in total. The maximum Gasteiger partial charge on any atom is 0.330 e. The molecule has 0 fully saturated rings. The highest BCUT2D eigenvalue weighted by atomic mass is 28.4. The van der Waals surface area contributed by atoms with E-state index in [1.165, 1.54) is 13.2 Å². The molecule has 0 saturated carbocycles. The first-order valence-electron chi connectivity index (χ1n) is 26.7. The molecule has 0 saturated heterocycles. The third-order valence-electron chi connectivity index (χ3n) is 16.7. The van der Waals surface area contributed by atoms with E-state index in [1.807, 2.05) is 18.2 Å². The van der Waals surface area contributed by atoms with Gasteiger partial charge in [0.15, 0.2) is 33.3 Å². The molecule has 0 aromatic carbocycles. The zero-order valence-electron chi connectivity index (χ0n) is 49.1. The minimum Gasteiger partial charge on any atom is -0.466 e. The van der Waals surface area contributed by atoms with E-state index in [4.69, 9.17) is 22.4 Å². The van der Waals surface area contributed by atoms with Gasteiger partial charge in [-0.25, -0.2) is 4.79 Å². The van der Waals surface area contributed by atoms with E-state index >= 15 is 0 Å². The van der Waals surface area contributed by atoms with Crippen LogP contribution in [0.15, 0.2) is 61.3 Å². The Morgan fingerprint density at radius 1 is 0.574 bits per heavy atom. The maximum atomic E-state index is 11.7. The van der Waals surface area contributed by atoms with Crippen molar-refractivity contribution in [3.63, 3.8) is 0 Å². The number of allylic oxidation sites excluding steroid dienone is 4. The molecule has 0 heterocycles. The van der Waals surface area contributed by atoms with Crippen LogP contribution in [0.1, 0.15) is 150 Å². The quantitative estimate of drug-likeness (QED) is 0.0243. The monoisotopic (exact) mass is 1020 g/mol. The smallest absolute Gasteiger partial charge is 0.330 e. The summed E-state index contributed by atoms with van der Waals surface area (Å²) in [6, 6.07) is 3.36. The highest BCUT2D eigenvalue weighted by Crippen LogP contribution is 2.43. The van der Waals surface area contributed by atoms with Gasteiger partial charge in [-0.1, -0.05) is 180 Å². The van der Waals surface area contributed by atoms with Crippen LogP contribution in [0, 0.1) is 35.5 Å². The van der Waals surface area contributed by atoms with Crippen molar-refractivity contribution in [1.29, 1.82) is 0 Å². The molecule has 68 heavy (non-hydrogen) atoms. The summed E-state index contributed by atoms with van der Waals surface area (Å²) in [4.78, 5) is 11.7. The van der Waals surface area contributed by atoms with Crippen LogP contribution in [0.25, 0.3) is 0 Å². The normalized spacial score (nSPS) is 19.2. The number of rotatable bonds is 31. The summed E-state index contributed by atoms with van der Waals surface area (Å²) in [5, 5.41) is 11.9. The molecule has 0 aliphatic rings. The third-order valence-corrected chi connectivity index (χ3v) is 34.8. The second kappa shape index (κ2) is 28.9. The summed E-state index contributed by atoms with van der Waals surface area (Å²) in [5.41, 5.74) is 0. The number of carbonyl (C=O) groups excluding carboxylic acids is 1. The molecule has 0 aromatic rings. The standard InChI is InChI=1S/C57H112O7Si4/c1-27-31-34-45(7)54(64-68(28-2,29-3)30-4)48(10)50(61-65(21,22)55(11,12)13)40-37-43(5)41-47(9)53(63-67(25,26)57(17,18)19)46(8)38-39-49(58)42-51(62-66(23,24)56(14,15)16)44(6)35-32-33-36-52(59)60-20/h27,31-36,38-39,43-51,53-54,58H,1,28-30,37,40-42H2,2-26H3/b34-31-,35-32+,36-33-,39-38-/t43-,44+,45-,46-,47-,48-,49-,50+,51-,53-,54-/m0/s1. The van der Waals surface area contributed by atoms with E-state index in [0.29, 0.717) is 12.3 Å². The molecule has 11 heteroatoms. The summed E-state index contributed by atoms with van der Waals surface area (Å²) < 4.78 is 34.1. The number of aliphatic hydroxyl groups excluding tert-OH is 1. The molecule has 0 radical (unpaired) electrons. The van der Waals surface area contributed by atoms with Crippen LogP contribution in [-0.2, 0) is 27.2 Å². The predicted molar refractivity (Wildman–Crippen MR) is 307 cm³/mol. The molecule has 0 bridgehead atoms. The van der Waals surface area contributed by atoms with Crippen molar-refractivity contribution in [1.82, 2.24) is 0 Å². The Bertz CT molecular complexity index is 1570. The lowest BCUT2D eigenvalue weighted by atomic mass is 9.82. The van der Waals surface area contributed by atoms with Crippen molar-refractivity contribution in [3.8, 4) is 0 Å². The first-order chi connectivity index (χ1) is 30.9. The SMILES string of the molecule is C=C/C=C\[C@H](C)[C@H](O[Si](CC)(CC)CC)[C@@H](C)[C@@H](CC[C@H](C)C[C@H](C)[C@@H](O[Si](C)(C)C(C)(C)C)[C@@H](C)/C=C\[C@H](O)C[C@H](O[Si](C)(C)C(C)(C)C)[C@H](C)/C=C/C=C\C(=O)OC)O[Si](C)(C)C(C)(C)C. The zero-order valence-corrected chi connectivity index (χ0v) is 53.1. The summed E-state index contributed by atoms with van der Waals surface area (Å²) in [6.45, 7) is 59.7. The fourth-order valence-electron chi connectivity index (χ4n) is 8.36. The fourth-order valence-corrected chi connectivity index (χ4v) is 15.7. The number of aliphatic hydroxyl groups is 1. The van der Waals surface area contributed by atoms with Gasteiger partial charge in [0.1, 0.15) is 0 Å². The molecule has 0 spiro atoms. The second-order valence-electron chi connectivity index (χ2n) is 25.4. The molecule has 11 atom stereocenters. The molecule has 0 rings (SSSR count). The minimum absolute atomic E-state index is 0.00628. The molecular weight excluding hydrogens is 909 g/mol. The molecule has 0 aromatic heterocycles. The highest BCUT2D eigenvalue weighted by molar-refractivity contribution is 6.75. The van der Waals surface area contributed by atoms with Gasteiger partial charge >= 0.3 is 5.97 Å². The summed E-state index contributed by atoms with van der Waals surface area (Å²) in [7, 11) is -7.00. The van der Waals surface area contributed by atoms with Crippen LogP contribution in [0.5, 0.6) is 0 Å². The van der Waals surface area contributed by atoms with Gasteiger partial charge in [0, 0.05) is 18.4 Å². The van der Waals surface area contributed by atoms with E-state index in [0.717, 1.165) is 37.4 Å². The topological polar surface area (TPSA) is 83.5 Å². The van der Waals surface area contributed by atoms with Gasteiger partial charge in [0.2, 0.25) is 0 Å². The van der Waals surface area contributed by atoms with Crippen molar-refractivity contribution < 1.29 is 32.3 Å². The highest BCUT2D eigenvalue weighted by Gasteiger charge is 2.45. The average Bonchev–Trinajstić information content (AvgIpc) is 3.22. The Hall–Kier alpha value is -1.16. The summed E-state index contributed by atoms with van der Waals surface area (Å²) >= 11 is 0. The molecule has 0 aliphatic heterocycles.